The molecule has 0 atom stereocenters. The summed E-state index contributed by atoms with van der Waals surface area (Å²) < 4.78 is 0. The highest BCUT2D eigenvalue weighted by atomic mass is 14.2. The van der Waals surface area contributed by atoms with Crippen LogP contribution in [0.4, 0.5) is 0 Å². The van der Waals surface area contributed by atoms with E-state index in [0.717, 1.165) is 5.92 Å². The first kappa shape index (κ1) is 10.6. The zero-order valence-electron chi connectivity index (χ0n) is 9.05. The SMILES string of the molecule is CCCC(CCC)C1=CC=CCC1. The van der Waals surface area contributed by atoms with Crippen molar-refractivity contribution in [2.45, 2.75) is 52.4 Å². The molecule has 0 unspecified atom stereocenters. The van der Waals surface area contributed by atoms with E-state index in [-0.39, 0.29) is 0 Å². The Labute approximate surface area is 82.7 Å². The van der Waals surface area contributed by atoms with Crippen LogP contribution in [0.15, 0.2) is 23.8 Å². The van der Waals surface area contributed by atoms with Crippen molar-refractivity contribution < 1.29 is 0 Å². The van der Waals surface area contributed by atoms with Crippen molar-refractivity contribution in [3.63, 3.8) is 0 Å². The van der Waals surface area contributed by atoms with Gasteiger partial charge >= 0.3 is 0 Å². The molecule has 0 saturated carbocycles. The molecule has 0 aromatic rings. The number of rotatable bonds is 5. The number of allylic oxidation sites excluding steroid dienone is 4. The second-order valence-electron chi connectivity index (χ2n) is 3.98. The van der Waals surface area contributed by atoms with Crippen LogP contribution in [0.2, 0.25) is 0 Å². The molecule has 0 aromatic carbocycles. The van der Waals surface area contributed by atoms with E-state index in [1.54, 1.807) is 5.57 Å². The topological polar surface area (TPSA) is 0 Å². The summed E-state index contributed by atoms with van der Waals surface area (Å²) in [6.45, 7) is 4.59. The third-order valence-electron chi connectivity index (χ3n) is 2.84. The van der Waals surface area contributed by atoms with Gasteiger partial charge in [-0.05, 0) is 31.6 Å². The zero-order valence-corrected chi connectivity index (χ0v) is 9.05. The molecule has 0 heteroatoms. The molecule has 13 heavy (non-hydrogen) atoms. The first-order valence-corrected chi connectivity index (χ1v) is 5.74. The minimum absolute atomic E-state index is 0.875. The van der Waals surface area contributed by atoms with Crippen LogP contribution in [-0.2, 0) is 0 Å². The Balaban J connectivity index is 2.51. The smallest absolute Gasteiger partial charge is 0.0200 e. The lowest BCUT2D eigenvalue weighted by atomic mass is 9.86. The van der Waals surface area contributed by atoms with E-state index in [2.05, 4.69) is 32.1 Å². The van der Waals surface area contributed by atoms with Gasteiger partial charge in [-0.2, -0.15) is 0 Å². The maximum absolute atomic E-state index is 2.35. The molecule has 0 saturated heterocycles. The first-order chi connectivity index (χ1) is 6.38. The second kappa shape index (κ2) is 6.01. The van der Waals surface area contributed by atoms with Crippen LogP contribution in [0.5, 0.6) is 0 Å². The van der Waals surface area contributed by atoms with E-state index >= 15 is 0 Å². The summed E-state index contributed by atoms with van der Waals surface area (Å²) in [5, 5.41) is 0. The van der Waals surface area contributed by atoms with Gasteiger partial charge in [-0.1, -0.05) is 50.5 Å². The summed E-state index contributed by atoms with van der Waals surface area (Å²) in [7, 11) is 0. The lowest BCUT2D eigenvalue weighted by Crippen LogP contribution is -2.05. The Kier molecular flexibility index (Phi) is 4.88. The summed E-state index contributed by atoms with van der Waals surface area (Å²) in [6.07, 6.45) is 14.8. The Hall–Kier alpha value is -0.520. The zero-order chi connectivity index (χ0) is 9.52. The van der Waals surface area contributed by atoms with Crippen LogP contribution in [0.3, 0.4) is 0 Å². The van der Waals surface area contributed by atoms with Crippen molar-refractivity contribution in [1.82, 2.24) is 0 Å². The molecule has 0 spiro atoms. The number of hydrogen-bond donors (Lipinski definition) is 0. The van der Waals surface area contributed by atoms with Crippen molar-refractivity contribution in [3.8, 4) is 0 Å². The average molecular weight is 178 g/mol. The summed E-state index contributed by atoms with van der Waals surface area (Å²) in [5.74, 6) is 0.875. The lowest BCUT2D eigenvalue weighted by molar-refractivity contribution is 0.488. The molecule has 0 heterocycles. The monoisotopic (exact) mass is 178 g/mol. The van der Waals surface area contributed by atoms with Crippen LogP contribution in [0, 0.1) is 5.92 Å². The van der Waals surface area contributed by atoms with Crippen molar-refractivity contribution in [2.75, 3.05) is 0 Å². The number of hydrogen-bond acceptors (Lipinski definition) is 0. The van der Waals surface area contributed by atoms with Gasteiger partial charge in [0.25, 0.3) is 0 Å². The minimum atomic E-state index is 0.875. The van der Waals surface area contributed by atoms with E-state index in [0.29, 0.717) is 0 Å². The molecule has 0 bridgehead atoms. The summed E-state index contributed by atoms with van der Waals surface area (Å²) in [6, 6.07) is 0. The quantitative estimate of drug-likeness (QED) is 0.582. The molecule has 1 aliphatic rings. The fraction of sp³-hybridized carbons (Fsp3) is 0.692. The molecule has 0 radical (unpaired) electrons. The molecule has 0 nitrogen and oxygen atoms in total. The van der Waals surface area contributed by atoms with E-state index in [4.69, 9.17) is 0 Å². The van der Waals surface area contributed by atoms with Crippen LogP contribution < -0.4 is 0 Å². The van der Waals surface area contributed by atoms with Gasteiger partial charge in [0.2, 0.25) is 0 Å². The highest BCUT2D eigenvalue weighted by Gasteiger charge is 2.12. The maximum atomic E-state index is 2.35. The van der Waals surface area contributed by atoms with Crippen molar-refractivity contribution in [2.24, 2.45) is 5.92 Å². The Morgan fingerprint density at radius 2 is 1.92 bits per heavy atom. The van der Waals surface area contributed by atoms with Gasteiger partial charge in [0.1, 0.15) is 0 Å². The van der Waals surface area contributed by atoms with Crippen LogP contribution in [-0.4, -0.2) is 0 Å². The van der Waals surface area contributed by atoms with E-state index in [9.17, 15) is 0 Å². The van der Waals surface area contributed by atoms with Crippen LogP contribution in [0.1, 0.15) is 52.4 Å². The molecular formula is C13H22. The average Bonchev–Trinajstić information content (AvgIpc) is 2.19. The fourth-order valence-electron chi connectivity index (χ4n) is 2.17. The molecule has 0 aliphatic heterocycles. The molecule has 0 amide bonds. The van der Waals surface area contributed by atoms with E-state index in [1.807, 2.05) is 0 Å². The fourth-order valence-corrected chi connectivity index (χ4v) is 2.17. The largest absolute Gasteiger partial charge is 0.0842 e. The van der Waals surface area contributed by atoms with Crippen LogP contribution >= 0.6 is 0 Å². The van der Waals surface area contributed by atoms with Gasteiger partial charge in [0, 0.05) is 0 Å². The second-order valence-corrected chi connectivity index (χ2v) is 3.98. The minimum Gasteiger partial charge on any atom is -0.0842 e. The summed E-state index contributed by atoms with van der Waals surface area (Å²) >= 11 is 0. The van der Waals surface area contributed by atoms with E-state index < -0.39 is 0 Å². The molecule has 74 valence electrons. The first-order valence-electron chi connectivity index (χ1n) is 5.74. The third kappa shape index (κ3) is 3.38. The maximum Gasteiger partial charge on any atom is -0.0200 e. The standard InChI is InChI=1S/C13H22/c1-3-8-12(9-4-2)13-10-6-5-7-11-13/h5-6,10,12H,3-4,7-9,11H2,1-2H3. The van der Waals surface area contributed by atoms with Gasteiger partial charge in [-0.15, -0.1) is 0 Å². The Bertz CT molecular complexity index is 180. The van der Waals surface area contributed by atoms with Gasteiger partial charge in [0.05, 0.1) is 0 Å². The molecule has 1 rings (SSSR count). The molecule has 1 aliphatic carbocycles. The van der Waals surface area contributed by atoms with Crippen molar-refractivity contribution in [3.05, 3.63) is 23.8 Å². The molecule has 0 aromatic heterocycles. The normalized spacial score (nSPS) is 16.4. The molecular weight excluding hydrogens is 156 g/mol. The van der Waals surface area contributed by atoms with Gasteiger partial charge < -0.3 is 0 Å². The highest BCUT2D eigenvalue weighted by Crippen LogP contribution is 2.28. The molecule has 0 fully saturated rings. The van der Waals surface area contributed by atoms with Crippen LogP contribution in [0.25, 0.3) is 0 Å². The van der Waals surface area contributed by atoms with Crippen molar-refractivity contribution in [1.29, 1.82) is 0 Å². The predicted octanol–water partition coefficient (Wildman–Crippen LogP) is 4.48. The van der Waals surface area contributed by atoms with Gasteiger partial charge in [-0.25, -0.2) is 0 Å². The highest BCUT2D eigenvalue weighted by molar-refractivity contribution is 5.19. The van der Waals surface area contributed by atoms with Gasteiger partial charge in [-0.3, -0.25) is 0 Å². The third-order valence-corrected chi connectivity index (χ3v) is 2.84. The molecule has 0 N–H and O–H groups in total. The Morgan fingerprint density at radius 3 is 2.38 bits per heavy atom. The Morgan fingerprint density at radius 1 is 1.23 bits per heavy atom. The van der Waals surface area contributed by atoms with E-state index in [1.165, 1.54) is 38.5 Å². The van der Waals surface area contributed by atoms with Crippen molar-refractivity contribution >= 4 is 0 Å². The predicted molar refractivity (Wildman–Crippen MR) is 59.8 cm³/mol. The lowest BCUT2D eigenvalue weighted by Gasteiger charge is -2.20. The summed E-state index contributed by atoms with van der Waals surface area (Å²) in [5.41, 5.74) is 1.70. The summed E-state index contributed by atoms with van der Waals surface area (Å²) in [4.78, 5) is 0. The van der Waals surface area contributed by atoms with Gasteiger partial charge in [0.15, 0.2) is 0 Å².